The Morgan fingerprint density at radius 3 is 2.29 bits per heavy atom. The summed E-state index contributed by atoms with van der Waals surface area (Å²) < 4.78 is 0. The Morgan fingerprint density at radius 2 is 1.71 bits per heavy atom. The normalized spacial score (nSPS) is 21.0. The van der Waals surface area contributed by atoms with E-state index in [1.165, 1.54) is 0 Å². The number of nitro groups is 1. The molecule has 0 amide bonds. The first-order valence-corrected chi connectivity index (χ1v) is 7.15. The van der Waals surface area contributed by atoms with Crippen molar-refractivity contribution in [3.05, 3.63) is 75.3 Å². The molecule has 0 spiro atoms. The van der Waals surface area contributed by atoms with Gasteiger partial charge in [0.1, 0.15) is 6.04 Å². The zero-order chi connectivity index (χ0) is 15.0. The maximum absolute atomic E-state index is 11.3. The average Bonchev–Trinajstić information content (AvgIpc) is 2.46. The van der Waals surface area contributed by atoms with Crippen LogP contribution in [0.4, 0.5) is 5.69 Å². The summed E-state index contributed by atoms with van der Waals surface area (Å²) in [5.41, 5.74) is 1.69. The maximum atomic E-state index is 11.3. The second-order valence-electron chi connectivity index (χ2n) is 4.77. The van der Waals surface area contributed by atoms with Crippen LogP contribution in [0.1, 0.15) is 11.6 Å². The van der Waals surface area contributed by atoms with Gasteiger partial charge in [-0.2, -0.15) is 0 Å². The van der Waals surface area contributed by atoms with E-state index in [-0.39, 0.29) is 4.92 Å². The summed E-state index contributed by atoms with van der Waals surface area (Å²) in [4.78, 5) is 13.1. The number of hydrogen-bond acceptors (Lipinski definition) is 3. The quantitative estimate of drug-likeness (QED) is 0.489. The van der Waals surface area contributed by atoms with Gasteiger partial charge in [0.2, 0.25) is 0 Å². The predicted octanol–water partition coefficient (Wildman–Crippen LogP) is 3.87. The third-order valence-electron chi connectivity index (χ3n) is 3.54. The van der Waals surface area contributed by atoms with Crippen molar-refractivity contribution < 1.29 is 4.92 Å². The molecule has 106 valence electrons. The van der Waals surface area contributed by atoms with Gasteiger partial charge in [-0.1, -0.05) is 54.2 Å². The minimum Gasteiger partial charge on any atom is -0.315 e. The molecule has 0 aliphatic carbocycles. The SMILES string of the molecule is O=[N+]([O-])[C@H]1C(=S)N(c2ccccc2)[C@H]1c1ccc(Cl)cc1. The lowest BCUT2D eigenvalue weighted by Gasteiger charge is -2.44. The lowest BCUT2D eigenvalue weighted by atomic mass is 9.89. The van der Waals surface area contributed by atoms with Crippen molar-refractivity contribution in [1.29, 1.82) is 0 Å². The fourth-order valence-corrected chi connectivity index (χ4v) is 3.11. The topological polar surface area (TPSA) is 46.4 Å². The molecule has 21 heavy (non-hydrogen) atoms. The molecule has 1 aliphatic rings. The summed E-state index contributed by atoms with van der Waals surface area (Å²) in [6, 6.07) is 15.3. The molecule has 2 aromatic rings. The molecule has 0 N–H and O–H groups in total. The van der Waals surface area contributed by atoms with E-state index in [1.807, 2.05) is 35.2 Å². The van der Waals surface area contributed by atoms with Crippen LogP contribution in [0.15, 0.2) is 54.6 Å². The molecule has 0 saturated carbocycles. The van der Waals surface area contributed by atoms with Crippen molar-refractivity contribution in [3.8, 4) is 0 Å². The van der Waals surface area contributed by atoms with Crippen LogP contribution in [0.3, 0.4) is 0 Å². The van der Waals surface area contributed by atoms with Gasteiger partial charge < -0.3 is 4.90 Å². The molecule has 1 saturated heterocycles. The van der Waals surface area contributed by atoms with Crippen LogP contribution >= 0.6 is 23.8 Å². The Morgan fingerprint density at radius 1 is 1.10 bits per heavy atom. The summed E-state index contributed by atoms with van der Waals surface area (Å²) in [6.45, 7) is 0. The second kappa shape index (κ2) is 5.42. The van der Waals surface area contributed by atoms with E-state index in [0.717, 1.165) is 11.3 Å². The van der Waals surface area contributed by atoms with Crippen LogP contribution in [0.2, 0.25) is 5.02 Å². The molecule has 0 aromatic heterocycles. The van der Waals surface area contributed by atoms with Crippen molar-refractivity contribution in [2.24, 2.45) is 0 Å². The number of halogens is 1. The van der Waals surface area contributed by atoms with Crippen molar-refractivity contribution in [2.75, 3.05) is 4.90 Å². The van der Waals surface area contributed by atoms with Crippen LogP contribution in [-0.2, 0) is 0 Å². The zero-order valence-corrected chi connectivity index (χ0v) is 12.4. The maximum Gasteiger partial charge on any atom is 0.287 e. The van der Waals surface area contributed by atoms with Gasteiger partial charge in [-0.15, -0.1) is 0 Å². The first-order chi connectivity index (χ1) is 10.1. The molecule has 0 unspecified atom stereocenters. The highest BCUT2D eigenvalue weighted by Crippen LogP contribution is 2.41. The summed E-state index contributed by atoms with van der Waals surface area (Å²) in [5.74, 6) is 0. The Hall–Kier alpha value is -1.98. The van der Waals surface area contributed by atoms with E-state index in [9.17, 15) is 10.1 Å². The van der Waals surface area contributed by atoms with Crippen molar-refractivity contribution in [3.63, 3.8) is 0 Å². The molecule has 6 heteroatoms. The molecular weight excluding hydrogens is 308 g/mol. The van der Waals surface area contributed by atoms with Gasteiger partial charge in [0, 0.05) is 15.6 Å². The molecule has 1 heterocycles. The zero-order valence-electron chi connectivity index (χ0n) is 10.8. The smallest absolute Gasteiger partial charge is 0.287 e. The second-order valence-corrected chi connectivity index (χ2v) is 5.63. The molecular formula is C15H11ClN2O2S. The third kappa shape index (κ3) is 2.39. The minimum atomic E-state index is -0.874. The third-order valence-corrected chi connectivity index (χ3v) is 4.23. The molecule has 1 fully saturated rings. The molecule has 3 rings (SSSR count). The summed E-state index contributed by atoms with van der Waals surface area (Å²) in [6.07, 6.45) is 0. The van der Waals surface area contributed by atoms with Gasteiger partial charge in [0.15, 0.2) is 4.99 Å². The number of anilines is 1. The molecule has 0 bridgehead atoms. The molecule has 2 aromatic carbocycles. The monoisotopic (exact) mass is 318 g/mol. The molecule has 2 atom stereocenters. The first-order valence-electron chi connectivity index (χ1n) is 6.36. The van der Waals surface area contributed by atoms with Crippen LogP contribution in [-0.4, -0.2) is 16.0 Å². The largest absolute Gasteiger partial charge is 0.315 e. The van der Waals surface area contributed by atoms with Crippen molar-refractivity contribution in [2.45, 2.75) is 12.1 Å². The molecule has 4 nitrogen and oxygen atoms in total. The van der Waals surface area contributed by atoms with E-state index >= 15 is 0 Å². The van der Waals surface area contributed by atoms with Gasteiger partial charge in [0.25, 0.3) is 6.04 Å². The van der Waals surface area contributed by atoms with E-state index in [2.05, 4.69) is 0 Å². The van der Waals surface area contributed by atoms with Crippen LogP contribution < -0.4 is 4.90 Å². The van der Waals surface area contributed by atoms with E-state index in [1.54, 1.807) is 24.3 Å². The molecule has 0 radical (unpaired) electrons. The standard InChI is InChI=1S/C15H11ClN2O2S/c16-11-8-6-10(7-9-11)13-14(18(19)20)15(21)17(13)12-4-2-1-3-5-12/h1-9,13-14H/t13-,14+/m0/s1. The molecule has 1 aliphatic heterocycles. The van der Waals surface area contributed by atoms with E-state index < -0.39 is 12.1 Å². The van der Waals surface area contributed by atoms with Crippen molar-refractivity contribution in [1.82, 2.24) is 0 Å². The lowest BCUT2D eigenvalue weighted by Crippen LogP contribution is -2.61. The summed E-state index contributed by atoms with van der Waals surface area (Å²) >= 11 is 11.1. The number of thiocarbonyl (C=S) groups is 1. The van der Waals surface area contributed by atoms with Gasteiger partial charge >= 0.3 is 0 Å². The Bertz CT molecular complexity index is 691. The predicted molar refractivity (Wildman–Crippen MR) is 86.5 cm³/mol. The van der Waals surface area contributed by atoms with Gasteiger partial charge in [-0.05, 0) is 29.8 Å². The number of hydrogen-bond donors (Lipinski definition) is 0. The Balaban J connectivity index is 2.01. The number of nitrogens with zero attached hydrogens (tertiary/aromatic N) is 2. The number of para-hydroxylation sites is 1. The Kier molecular flexibility index (Phi) is 3.61. The fourth-order valence-electron chi connectivity index (χ4n) is 2.55. The fraction of sp³-hybridized carbons (Fsp3) is 0.133. The number of benzene rings is 2. The first kappa shape index (κ1) is 14.0. The van der Waals surface area contributed by atoms with Crippen LogP contribution in [0.25, 0.3) is 0 Å². The van der Waals surface area contributed by atoms with Gasteiger partial charge in [0.05, 0.1) is 0 Å². The highest BCUT2D eigenvalue weighted by Gasteiger charge is 2.54. The van der Waals surface area contributed by atoms with Gasteiger partial charge in [-0.25, -0.2) is 0 Å². The van der Waals surface area contributed by atoms with Crippen LogP contribution in [0, 0.1) is 10.1 Å². The lowest BCUT2D eigenvalue weighted by molar-refractivity contribution is -0.512. The average molecular weight is 319 g/mol. The summed E-state index contributed by atoms with van der Waals surface area (Å²) in [7, 11) is 0. The highest BCUT2D eigenvalue weighted by molar-refractivity contribution is 7.80. The summed E-state index contributed by atoms with van der Waals surface area (Å²) in [5, 5.41) is 11.9. The van der Waals surface area contributed by atoms with Crippen molar-refractivity contribution >= 4 is 34.5 Å². The van der Waals surface area contributed by atoms with E-state index in [0.29, 0.717) is 10.0 Å². The van der Waals surface area contributed by atoms with E-state index in [4.69, 9.17) is 23.8 Å². The van der Waals surface area contributed by atoms with Crippen LogP contribution in [0.5, 0.6) is 0 Å². The minimum absolute atomic E-state index is 0.318. The Labute approximate surface area is 132 Å². The van der Waals surface area contributed by atoms with Gasteiger partial charge in [-0.3, -0.25) is 10.1 Å². The number of rotatable bonds is 3. The highest BCUT2D eigenvalue weighted by atomic mass is 35.5.